The number of carbonyl (C=O) groups excluding carboxylic acids is 1. The third-order valence-electron chi connectivity index (χ3n) is 3.69. The number of ether oxygens (including phenoxy) is 2. The summed E-state index contributed by atoms with van der Waals surface area (Å²) in [6.07, 6.45) is 1.94. The third kappa shape index (κ3) is 5.74. The van der Waals surface area contributed by atoms with E-state index in [2.05, 4.69) is 0 Å². The molecule has 0 N–H and O–H groups in total. The fourth-order valence-corrected chi connectivity index (χ4v) is 3.46. The molecule has 1 aromatic carbocycles. The Bertz CT molecular complexity index is 642. The maximum absolute atomic E-state index is 12.3. The summed E-state index contributed by atoms with van der Waals surface area (Å²) in [4.78, 5) is 13.7. The molecule has 1 atom stereocenters. The van der Waals surface area contributed by atoms with Gasteiger partial charge in [0.05, 0.1) is 20.0 Å². The van der Waals surface area contributed by atoms with E-state index in [9.17, 15) is 13.2 Å². The molecule has 0 unspecified atom stereocenters. The van der Waals surface area contributed by atoms with Crippen molar-refractivity contribution in [1.82, 2.24) is 4.90 Å². The van der Waals surface area contributed by atoms with Crippen LogP contribution in [0.5, 0.6) is 11.5 Å². The summed E-state index contributed by atoms with van der Waals surface area (Å²) in [5.74, 6) is 1.09. The van der Waals surface area contributed by atoms with Crippen molar-refractivity contribution in [3.8, 4) is 11.5 Å². The molecule has 1 amide bonds. The van der Waals surface area contributed by atoms with Gasteiger partial charge in [-0.2, -0.15) is 0 Å². The van der Waals surface area contributed by atoms with Gasteiger partial charge in [0.25, 0.3) is 0 Å². The average Bonchev–Trinajstić information content (AvgIpc) is 2.49. The molecule has 0 aromatic heterocycles. The number of amides is 1. The summed E-state index contributed by atoms with van der Waals surface area (Å²) < 4.78 is 33.2. The van der Waals surface area contributed by atoms with Crippen molar-refractivity contribution < 1.29 is 22.7 Å². The summed E-state index contributed by atoms with van der Waals surface area (Å²) in [5.41, 5.74) is 0.879. The summed E-state index contributed by atoms with van der Waals surface area (Å²) in [5, 5.41) is 0. The normalized spacial score (nSPS) is 12.6. The smallest absolute Gasteiger partial charge is 0.222 e. The molecule has 0 saturated heterocycles. The highest BCUT2D eigenvalue weighted by atomic mass is 32.2. The van der Waals surface area contributed by atoms with E-state index in [1.165, 1.54) is 11.2 Å². The highest BCUT2D eigenvalue weighted by Crippen LogP contribution is 2.31. The van der Waals surface area contributed by atoms with E-state index >= 15 is 0 Å². The second kappa shape index (κ2) is 8.19. The molecule has 0 fully saturated rings. The Morgan fingerprint density at radius 1 is 1.26 bits per heavy atom. The molecule has 0 radical (unpaired) electrons. The van der Waals surface area contributed by atoms with E-state index in [0.29, 0.717) is 17.9 Å². The van der Waals surface area contributed by atoms with Crippen molar-refractivity contribution in [3.63, 3.8) is 0 Å². The van der Waals surface area contributed by atoms with Gasteiger partial charge in [0.15, 0.2) is 11.5 Å². The average molecular weight is 343 g/mol. The van der Waals surface area contributed by atoms with Gasteiger partial charge in [0.1, 0.15) is 9.84 Å². The van der Waals surface area contributed by atoms with Crippen LogP contribution >= 0.6 is 0 Å². The number of rotatable bonds is 8. The second-order valence-electron chi connectivity index (χ2n) is 5.60. The van der Waals surface area contributed by atoms with E-state index in [1.54, 1.807) is 34.3 Å². The number of benzene rings is 1. The zero-order valence-corrected chi connectivity index (χ0v) is 15.1. The number of nitrogens with zero attached hydrogens (tertiary/aromatic N) is 1. The van der Waals surface area contributed by atoms with Crippen LogP contribution < -0.4 is 9.47 Å². The number of methoxy groups -OCH3 is 2. The Labute approximate surface area is 138 Å². The van der Waals surface area contributed by atoms with E-state index in [0.717, 1.165) is 5.56 Å². The third-order valence-corrected chi connectivity index (χ3v) is 4.78. The van der Waals surface area contributed by atoms with Crippen LogP contribution in [-0.4, -0.2) is 58.5 Å². The molecule has 1 rings (SSSR count). The molecule has 0 aliphatic rings. The molecular weight excluding hydrogens is 318 g/mol. The van der Waals surface area contributed by atoms with Gasteiger partial charge >= 0.3 is 0 Å². The molecule has 6 nitrogen and oxygen atoms in total. The van der Waals surface area contributed by atoms with Gasteiger partial charge in [-0.15, -0.1) is 0 Å². The Kier molecular flexibility index (Phi) is 6.87. The van der Waals surface area contributed by atoms with E-state index in [4.69, 9.17) is 9.47 Å². The first-order valence-corrected chi connectivity index (χ1v) is 9.39. The molecule has 0 spiro atoms. The zero-order valence-electron chi connectivity index (χ0n) is 14.3. The maximum Gasteiger partial charge on any atom is 0.222 e. The molecule has 0 bridgehead atoms. The molecule has 0 heterocycles. The second-order valence-corrected chi connectivity index (χ2v) is 7.78. The molecule has 1 aromatic rings. The largest absolute Gasteiger partial charge is 0.493 e. The lowest BCUT2D eigenvalue weighted by Gasteiger charge is -2.24. The highest BCUT2D eigenvalue weighted by Gasteiger charge is 2.20. The Hall–Kier alpha value is -1.76. The van der Waals surface area contributed by atoms with E-state index < -0.39 is 9.84 Å². The van der Waals surface area contributed by atoms with Gasteiger partial charge < -0.3 is 14.4 Å². The van der Waals surface area contributed by atoms with Crippen molar-refractivity contribution in [2.24, 2.45) is 0 Å². The Balaban J connectivity index is 2.73. The van der Waals surface area contributed by atoms with Gasteiger partial charge in [-0.1, -0.05) is 12.1 Å². The van der Waals surface area contributed by atoms with Crippen molar-refractivity contribution in [2.45, 2.75) is 25.8 Å². The van der Waals surface area contributed by atoms with E-state index in [-0.39, 0.29) is 24.1 Å². The van der Waals surface area contributed by atoms with Gasteiger partial charge in [0, 0.05) is 25.8 Å². The summed E-state index contributed by atoms with van der Waals surface area (Å²) in [6.45, 7) is 1.73. The predicted molar refractivity (Wildman–Crippen MR) is 89.8 cm³/mol. The molecule has 0 aliphatic heterocycles. The van der Waals surface area contributed by atoms with Gasteiger partial charge in [-0.05, 0) is 25.0 Å². The van der Waals surface area contributed by atoms with Gasteiger partial charge in [-0.3, -0.25) is 4.79 Å². The Morgan fingerprint density at radius 2 is 1.91 bits per heavy atom. The molecule has 23 heavy (non-hydrogen) atoms. The first-order chi connectivity index (χ1) is 10.7. The van der Waals surface area contributed by atoms with Crippen LogP contribution in [0.1, 0.15) is 18.9 Å². The molecule has 130 valence electrons. The highest BCUT2D eigenvalue weighted by molar-refractivity contribution is 7.90. The minimum Gasteiger partial charge on any atom is -0.493 e. The van der Waals surface area contributed by atoms with E-state index in [1.807, 2.05) is 12.1 Å². The quantitative estimate of drug-likeness (QED) is 0.716. The lowest BCUT2D eigenvalue weighted by Crippen LogP contribution is -2.39. The molecular formula is C16H25NO5S. The fraction of sp³-hybridized carbons (Fsp3) is 0.562. The number of hydrogen-bond acceptors (Lipinski definition) is 5. The summed E-state index contributed by atoms with van der Waals surface area (Å²) in [7, 11) is 1.63. The number of carbonyl (C=O) groups is 1. The van der Waals surface area contributed by atoms with Crippen molar-refractivity contribution in [3.05, 3.63) is 23.8 Å². The van der Waals surface area contributed by atoms with Crippen molar-refractivity contribution in [1.29, 1.82) is 0 Å². The SMILES string of the molecule is COc1cccc(CCC(=O)N(C)[C@H](C)CS(C)(=O)=O)c1OC. The topological polar surface area (TPSA) is 72.9 Å². The lowest BCUT2D eigenvalue weighted by molar-refractivity contribution is -0.131. The zero-order chi connectivity index (χ0) is 17.6. The van der Waals surface area contributed by atoms with Gasteiger partial charge in [0.2, 0.25) is 5.91 Å². The van der Waals surface area contributed by atoms with Crippen LogP contribution in [0.3, 0.4) is 0 Å². The first kappa shape index (κ1) is 19.3. The number of aryl methyl sites for hydroxylation is 1. The molecule has 0 aliphatic carbocycles. The first-order valence-electron chi connectivity index (χ1n) is 7.32. The Morgan fingerprint density at radius 3 is 2.43 bits per heavy atom. The van der Waals surface area contributed by atoms with Crippen LogP contribution in [0.2, 0.25) is 0 Å². The minimum atomic E-state index is -3.12. The van der Waals surface area contributed by atoms with Crippen LogP contribution in [0.15, 0.2) is 18.2 Å². The number of sulfone groups is 1. The molecule has 7 heteroatoms. The standard InChI is InChI=1S/C16H25NO5S/c1-12(11-23(5,19)20)17(2)15(18)10-9-13-7-6-8-14(21-3)16(13)22-4/h6-8,12H,9-11H2,1-5H3/t12-/m1/s1. The predicted octanol–water partition coefficient (Wildman–Crippen LogP) is 1.53. The number of hydrogen-bond donors (Lipinski definition) is 0. The van der Waals surface area contributed by atoms with Crippen molar-refractivity contribution in [2.75, 3.05) is 33.3 Å². The lowest BCUT2D eigenvalue weighted by atomic mass is 10.1. The molecule has 0 saturated carbocycles. The van der Waals surface area contributed by atoms with Crippen molar-refractivity contribution >= 4 is 15.7 Å². The maximum atomic E-state index is 12.3. The van der Waals surface area contributed by atoms with Gasteiger partial charge in [-0.25, -0.2) is 8.42 Å². The summed E-state index contributed by atoms with van der Waals surface area (Å²) in [6, 6.07) is 5.17. The van der Waals surface area contributed by atoms with Crippen LogP contribution in [0, 0.1) is 0 Å². The number of para-hydroxylation sites is 1. The monoisotopic (exact) mass is 343 g/mol. The van der Waals surface area contributed by atoms with Crippen LogP contribution in [-0.2, 0) is 21.1 Å². The fourth-order valence-electron chi connectivity index (χ4n) is 2.36. The van der Waals surface area contributed by atoms with Crippen LogP contribution in [0.4, 0.5) is 0 Å². The van der Waals surface area contributed by atoms with Crippen LogP contribution in [0.25, 0.3) is 0 Å². The summed E-state index contributed by atoms with van der Waals surface area (Å²) >= 11 is 0. The minimum absolute atomic E-state index is 0.0439.